The first-order valence-corrected chi connectivity index (χ1v) is 12.3. The normalized spacial score (nSPS) is 14.0. The molecule has 1 atom stereocenters. The zero-order chi connectivity index (χ0) is 23.8. The van der Waals surface area contributed by atoms with E-state index >= 15 is 0 Å². The lowest BCUT2D eigenvalue weighted by atomic mass is 10.0. The van der Waals surface area contributed by atoms with Gasteiger partial charge in [0.05, 0.1) is 11.4 Å². The number of aryl methyl sites for hydroxylation is 2. The van der Waals surface area contributed by atoms with E-state index in [0.717, 1.165) is 43.9 Å². The molecule has 1 amide bonds. The van der Waals surface area contributed by atoms with Gasteiger partial charge in [-0.05, 0) is 49.9 Å². The van der Waals surface area contributed by atoms with E-state index < -0.39 is 0 Å². The molecule has 4 heteroatoms. The summed E-state index contributed by atoms with van der Waals surface area (Å²) >= 11 is 0. The van der Waals surface area contributed by atoms with Crippen molar-refractivity contribution < 1.29 is 4.79 Å². The van der Waals surface area contributed by atoms with Gasteiger partial charge in [-0.25, -0.2) is 0 Å². The van der Waals surface area contributed by atoms with Crippen molar-refractivity contribution in [1.82, 2.24) is 4.90 Å². The van der Waals surface area contributed by atoms with Crippen LogP contribution < -0.4 is 10.6 Å². The zero-order valence-corrected chi connectivity index (χ0v) is 20.3. The van der Waals surface area contributed by atoms with Crippen molar-refractivity contribution in [2.45, 2.75) is 39.2 Å². The molecule has 176 valence electrons. The molecule has 3 aromatic carbocycles. The van der Waals surface area contributed by atoms with Crippen LogP contribution in [0.1, 0.15) is 35.1 Å². The van der Waals surface area contributed by atoms with Gasteiger partial charge in [0.2, 0.25) is 5.91 Å². The summed E-state index contributed by atoms with van der Waals surface area (Å²) in [6.45, 7) is 6.73. The Morgan fingerprint density at radius 1 is 0.912 bits per heavy atom. The number of hydrogen-bond acceptors (Lipinski definition) is 3. The van der Waals surface area contributed by atoms with Gasteiger partial charge >= 0.3 is 0 Å². The van der Waals surface area contributed by atoms with Crippen molar-refractivity contribution in [3.8, 4) is 0 Å². The van der Waals surface area contributed by atoms with E-state index in [-0.39, 0.29) is 11.9 Å². The van der Waals surface area contributed by atoms with Gasteiger partial charge in [-0.3, -0.25) is 4.79 Å². The van der Waals surface area contributed by atoms with E-state index in [1.165, 1.54) is 22.3 Å². The fraction of sp³-hybridized carbons (Fsp3) is 0.300. The Hall–Kier alpha value is -3.53. The molecular weight excluding hydrogens is 418 g/mol. The van der Waals surface area contributed by atoms with Gasteiger partial charge in [-0.1, -0.05) is 83.9 Å². The van der Waals surface area contributed by atoms with Gasteiger partial charge in [0, 0.05) is 26.1 Å². The van der Waals surface area contributed by atoms with Crippen molar-refractivity contribution in [3.05, 3.63) is 101 Å². The quantitative estimate of drug-likeness (QED) is 0.366. The fourth-order valence-electron chi connectivity index (χ4n) is 4.05. The first-order chi connectivity index (χ1) is 16.6. The molecule has 34 heavy (non-hydrogen) atoms. The van der Waals surface area contributed by atoms with Crippen LogP contribution in [-0.2, 0) is 11.2 Å². The highest BCUT2D eigenvalue weighted by Crippen LogP contribution is 2.24. The van der Waals surface area contributed by atoms with Gasteiger partial charge in [-0.15, -0.1) is 0 Å². The second-order valence-electron chi connectivity index (χ2n) is 9.14. The van der Waals surface area contributed by atoms with Crippen LogP contribution in [0.4, 0.5) is 11.4 Å². The third kappa shape index (κ3) is 6.50. The molecule has 0 bridgehead atoms. The van der Waals surface area contributed by atoms with Crippen molar-refractivity contribution >= 4 is 23.4 Å². The van der Waals surface area contributed by atoms with Crippen molar-refractivity contribution in [2.24, 2.45) is 0 Å². The number of rotatable bonds is 10. The molecule has 1 aliphatic heterocycles. The maximum absolute atomic E-state index is 13.2. The van der Waals surface area contributed by atoms with Crippen molar-refractivity contribution in [2.75, 3.05) is 30.3 Å². The van der Waals surface area contributed by atoms with Crippen LogP contribution in [0.2, 0.25) is 0 Å². The van der Waals surface area contributed by atoms with E-state index in [1.54, 1.807) is 0 Å². The van der Waals surface area contributed by atoms with E-state index in [4.69, 9.17) is 0 Å². The molecule has 4 nitrogen and oxygen atoms in total. The van der Waals surface area contributed by atoms with E-state index in [9.17, 15) is 4.79 Å². The summed E-state index contributed by atoms with van der Waals surface area (Å²) in [5.74, 6) is 0.183. The smallest absolute Gasteiger partial charge is 0.245 e. The highest BCUT2D eigenvalue weighted by atomic mass is 16.2. The fourth-order valence-corrected chi connectivity index (χ4v) is 4.05. The Labute approximate surface area is 203 Å². The molecule has 1 unspecified atom stereocenters. The van der Waals surface area contributed by atoms with E-state index in [1.807, 2.05) is 17.0 Å². The highest BCUT2D eigenvalue weighted by molar-refractivity contribution is 5.87. The molecule has 1 heterocycles. The largest absolute Gasteiger partial charge is 0.383 e. The molecule has 1 aliphatic rings. The number of anilines is 2. The Bertz CT molecular complexity index is 1100. The molecule has 0 saturated carbocycles. The molecule has 0 radical (unpaired) electrons. The lowest BCUT2D eigenvalue weighted by molar-refractivity contribution is -0.135. The lowest BCUT2D eigenvalue weighted by Crippen LogP contribution is -2.50. The molecule has 2 N–H and O–H groups in total. The van der Waals surface area contributed by atoms with Gasteiger partial charge in [-0.2, -0.15) is 0 Å². The molecule has 0 aliphatic carbocycles. The average Bonchev–Trinajstić information content (AvgIpc) is 2.81. The Balaban J connectivity index is 1.39. The molecular formula is C30H35N3O. The number of carbonyl (C=O) groups is 1. The Morgan fingerprint density at radius 2 is 1.56 bits per heavy atom. The van der Waals surface area contributed by atoms with Crippen LogP contribution in [0.5, 0.6) is 0 Å². The molecule has 0 aromatic heterocycles. The minimum absolute atomic E-state index is 0.183. The van der Waals surface area contributed by atoms with Crippen LogP contribution >= 0.6 is 0 Å². The van der Waals surface area contributed by atoms with E-state index in [0.29, 0.717) is 6.42 Å². The summed E-state index contributed by atoms with van der Waals surface area (Å²) in [5, 5.41) is 7.10. The van der Waals surface area contributed by atoms with Crippen LogP contribution in [0.25, 0.3) is 6.08 Å². The van der Waals surface area contributed by atoms with E-state index in [2.05, 4.69) is 97.3 Å². The molecule has 0 spiro atoms. The summed E-state index contributed by atoms with van der Waals surface area (Å²) in [5.41, 5.74) is 6.89. The summed E-state index contributed by atoms with van der Waals surface area (Å²) < 4.78 is 0. The average molecular weight is 454 g/mol. The number of carbonyl (C=O) groups excluding carboxylic acids is 1. The lowest BCUT2D eigenvalue weighted by Gasteiger charge is -2.35. The number of nitrogens with zero attached hydrogens (tertiary/aromatic N) is 1. The number of likely N-dealkylation sites (tertiary alicyclic amines) is 1. The third-order valence-corrected chi connectivity index (χ3v) is 6.30. The second-order valence-corrected chi connectivity index (χ2v) is 9.14. The van der Waals surface area contributed by atoms with Crippen LogP contribution in [0, 0.1) is 13.8 Å². The van der Waals surface area contributed by atoms with Gasteiger partial charge in [0.15, 0.2) is 0 Å². The van der Waals surface area contributed by atoms with Crippen molar-refractivity contribution in [1.29, 1.82) is 0 Å². The minimum atomic E-state index is -0.285. The Morgan fingerprint density at radius 3 is 2.21 bits per heavy atom. The molecule has 1 saturated heterocycles. The number of benzene rings is 3. The number of nitrogens with one attached hydrogen (secondary N) is 2. The summed E-state index contributed by atoms with van der Waals surface area (Å²) in [4.78, 5) is 15.2. The monoisotopic (exact) mass is 453 g/mol. The molecule has 3 aromatic rings. The number of para-hydroxylation sites is 2. The number of hydrogen-bond donors (Lipinski definition) is 2. The predicted molar refractivity (Wildman–Crippen MR) is 143 cm³/mol. The minimum Gasteiger partial charge on any atom is -0.383 e. The van der Waals surface area contributed by atoms with Crippen molar-refractivity contribution in [3.63, 3.8) is 0 Å². The first kappa shape index (κ1) is 23.6. The van der Waals surface area contributed by atoms with Crippen LogP contribution in [0.15, 0.2) is 78.9 Å². The summed E-state index contributed by atoms with van der Waals surface area (Å²) in [6.07, 6.45) is 7.04. The topological polar surface area (TPSA) is 44.4 Å². The maximum Gasteiger partial charge on any atom is 0.245 e. The third-order valence-electron chi connectivity index (χ3n) is 6.30. The first-order valence-electron chi connectivity index (χ1n) is 12.3. The van der Waals surface area contributed by atoms with Crippen LogP contribution in [0.3, 0.4) is 0 Å². The predicted octanol–water partition coefficient (Wildman–Crippen LogP) is 6.07. The van der Waals surface area contributed by atoms with Gasteiger partial charge < -0.3 is 15.5 Å². The van der Waals surface area contributed by atoms with Crippen LogP contribution in [-0.4, -0.2) is 36.5 Å². The second kappa shape index (κ2) is 11.6. The Kier molecular flexibility index (Phi) is 8.03. The summed E-state index contributed by atoms with van der Waals surface area (Å²) in [7, 11) is 0. The highest BCUT2D eigenvalue weighted by Gasteiger charge is 2.28. The summed E-state index contributed by atoms with van der Waals surface area (Å²) in [6, 6.07) is 24.9. The molecule has 1 fully saturated rings. The molecule has 4 rings (SSSR count). The number of amides is 1. The van der Waals surface area contributed by atoms with Gasteiger partial charge in [0.1, 0.15) is 6.04 Å². The SMILES string of the molecule is Cc1ccc(/C=C/CCNc2ccccc2NC(Cc2ccc(C)cc2)C(=O)N2CCC2)cc1. The zero-order valence-electron chi connectivity index (χ0n) is 20.3. The standard InChI is InChI=1S/C30H35N3O/c1-23-11-15-25(16-12-23)8-5-6-19-31-27-9-3-4-10-28(27)32-29(30(34)33-20-7-21-33)22-26-17-13-24(2)14-18-26/h3-5,8-18,29,31-32H,6-7,19-22H2,1-2H3/b8-5+. The van der Waals surface area contributed by atoms with Gasteiger partial charge in [0.25, 0.3) is 0 Å². The maximum atomic E-state index is 13.2.